The Labute approximate surface area is 133 Å². The third-order valence-electron chi connectivity index (χ3n) is 4.69. The van der Waals surface area contributed by atoms with Crippen molar-refractivity contribution in [2.75, 3.05) is 26.2 Å². The summed E-state index contributed by atoms with van der Waals surface area (Å²) < 4.78 is 5.94. The van der Waals surface area contributed by atoms with E-state index in [1.807, 2.05) is 13.8 Å². The van der Waals surface area contributed by atoms with Gasteiger partial charge in [-0.2, -0.15) is 0 Å². The van der Waals surface area contributed by atoms with Crippen molar-refractivity contribution in [3.05, 3.63) is 0 Å². The fraction of sp³-hybridized carbons (Fsp3) is 1.00. The molecule has 3 nitrogen and oxygen atoms in total. The fourth-order valence-corrected chi connectivity index (χ4v) is 3.53. The van der Waals surface area contributed by atoms with Gasteiger partial charge in [0.2, 0.25) is 0 Å². The molecule has 0 atom stereocenters. The number of hydrogen-bond acceptors (Lipinski definition) is 3. The van der Waals surface area contributed by atoms with Crippen LogP contribution in [-0.2, 0) is 4.74 Å². The maximum Gasteiger partial charge on any atom is 0.0603 e. The maximum absolute atomic E-state index is 5.94. The second kappa shape index (κ2) is 9.81. The lowest BCUT2D eigenvalue weighted by atomic mass is 9.98. The summed E-state index contributed by atoms with van der Waals surface area (Å²) in [6, 6.07) is 1.54. The lowest BCUT2D eigenvalue weighted by molar-refractivity contribution is -0.0383. The summed E-state index contributed by atoms with van der Waals surface area (Å²) in [7, 11) is 0. The van der Waals surface area contributed by atoms with Crippen molar-refractivity contribution in [2.24, 2.45) is 0 Å². The van der Waals surface area contributed by atoms with Crippen LogP contribution in [0.15, 0.2) is 0 Å². The average molecular weight is 299 g/mol. The zero-order valence-corrected chi connectivity index (χ0v) is 15.3. The number of piperidine rings is 2. The molecule has 0 spiro atoms. The predicted molar refractivity (Wildman–Crippen MR) is 91.9 cm³/mol. The van der Waals surface area contributed by atoms with Gasteiger partial charge in [-0.3, -0.25) is 0 Å². The Balaban J connectivity index is 0.00000106. The van der Waals surface area contributed by atoms with Crippen LogP contribution in [0.5, 0.6) is 0 Å². The highest BCUT2D eigenvalue weighted by atomic mass is 16.5. The highest BCUT2D eigenvalue weighted by Gasteiger charge is 2.29. The van der Waals surface area contributed by atoms with E-state index < -0.39 is 0 Å². The first-order valence-electron chi connectivity index (χ1n) is 9.20. The molecule has 2 rings (SSSR count). The molecular weight excluding hydrogens is 260 g/mol. The molecule has 2 aliphatic rings. The van der Waals surface area contributed by atoms with Gasteiger partial charge in [-0.1, -0.05) is 13.8 Å². The first kappa shape index (κ1) is 18.9. The molecule has 0 aromatic heterocycles. The van der Waals surface area contributed by atoms with Gasteiger partial charge in [-0.25, -0.2) is 0 Å². The van der Waals surface area contributed by atoms with Gasteiger partial charge in [0.15, 0.2) is 0 Å². The number of rotatable bonds is 4. The Kier molecular flexibility index (Phi) is 8.84. The van der Waals surface area contributed by atoms with Crippen molar-refractivity contribution < 1.29 is 4.74 Å². The minimum absolute atomic E-state index is 0.380. The number of hydrogen-bond donors (Lipinski definition) is 0. The molecule has 0 unspecified atom stereocenters. The lowest BCUT2D eigenvalue weighted by Crippen LogP contribution is -2.50. The minimum atomic E-state index is 0.380. The summed E-state index contributed by atoms with van der Waals surface area (Å²) in [6.07, 6.45) is 6.05. The molecule has 2 aliphatic heterocycles. The van der Waals surface area contributed by atoms with Gasteiger partial charge in [0, 0.05) is 25.2 Å². The summed E-state index contributed by atoms with van der Waals surface area (Å²) in [4.78, 5) is 5.34. The van der Waals surface area contributed by atoms with E-state index in [2.05, 4.69) is 37.5 Å². The Bertz CT molecular complexity index is 252. The highest BCUT2D eigenvalue weighted by Crippen LogP contribution is 2.23. The van der Waals surface area contributed by atoms with Gasteiger partial charge >= 0.3 is 0 Å². The maximum atomic E-state index is 5.94. The Morgan fingerprint density at radius 1 is 0.810 bits per heavy atom. The Morgan fingerprint density at radius 3 is 1.76 bits per heavy atom. The highest BCUT2D eigenvalue weighted by molar-refractivity contribution is 4.84. The SMILES string of the molecule is CC.CC(C)OC1CCN(C2CCN(C(C)C)CC2)CC1. The van der Waals surface area contributed by atoms with Crippen LogP contribution < -0.4 is 0 Å². The van der Waals surface area contributed by atoms with Crippen LogP contribution in [0.4, 0.5) is 0 Å². The van der Waals surface area contributed by atoms with E-state index in [4.69, 9.17) is 4.74 Å². The third kappa shape index (κ3) is 6.25. The van der Waals surface area contributed by atoms with Gasteiger partial charge in [0.1, 0.15) is 0 Å². The first-order chi connectivity index (χ1) is 10.1. The predicted octanol–water partition coefficient (Wildman–Crippen LogP) is 3.77. The van der Waals surface area contributed by atoms with Gasteiger partial charge in [0.25, 0.3) is 0 Å². The van der Waals surface area contributed by atoms with Gasteiger partial charge in [-0.05, 0) is 66.5 Å². The zero-order chi connectivity index (χ0) is 15.8. The van der Waals surface area contributed by atoms with E-state index in [-0.39, 0.29) is 0 Å². The van der Waals surface area contributed by atoms with Gasteiger partial charge in [-0.15, -0.1) is 0 Å². The van der Waals surface area contributed by atoms with E-state index >= 15 is 0 Å². The Hall–Kier alpha value is -0.120. The molecule has 126 valence electrons. The fourth-order valence-electron chi connectivity index (χ4n) is 3.53. The van der Waals surface area contributed by atoms with Crippen LogP contribution in [0, 0.1) is 0 Å². The van der Waals surface area contributed by atoms with Crippen LogP contribution in [0.25, 0.3) is 0 Å². The van der Waals surface area contributed by atoms with Crippen LogP contribution in [0.1, 0.15) is 67.2 Å². The third-order valence-corrected chi connectivity index (χ3v) is 4.69. The molecule has 2 fully saturated rings. The van der Waals surface area contributed by atoms with Crippen LogP contribution in [-0.4, -0.2) is 60.3 Å². The van der Waals surface area contributed by atoms with Crippen molar-refractivity contribution in [3.8, 4) is 0 Å². The topological polar surface area (TPSA) is 15.7 Å². The van der Waals surface area contributed by atoms with Gasteiger partial charge < -0.3 is 14.5 Å². The molecule has 0 N–H and O–H groups in total. The second-order valence-electron chi connectivity index (χ2n) is 6.78. The van der Waals surface area contributed by atoms with Crippen molar-refractivity contribution in [3.63, 3.8) is 0 Å². The summed E-state index contributed by atoms with van der Waals surface area (Å²) in [5, 5.41) is 0. The minimum Gasteiger partial charge on any atom is -0.375 e. The molecule has 21 heavy (non-hydrogen) atoms. The van der Waals surface area contributed by atoms with E-state index in [0.29, 0.717) is 18.2 Å². The quantitative estimate of drug-likeness (QED) is 0.785. The van der Waals surface area contributed by atoms with E-state index in [1.54, 1.807) is 0 Å². The van der Waals surface area contributed by atoms with Crippen molar-refractivity contribution >= 4 is 0 Å². The second-order valence-corrected chi connectivity index (χ2v) is 6.78. The van der Waals surface area contributed by atoms with E-state index in [0.717, 1.165) is 6.04 Å². The van der Waals surface area contributed by atoms with Crippen LogP contribution in [0.3, 0.4) is 0 Å². The lowest BCUT2D eigenvalue weighted by Gasteiger charge is -2.42. The summed E-state index contributed by atoms with van der Waals surface area (Å²) in [5.41, 5.74) is 0. The monoisotopic (exact) mass is 298 g/mol. The number of likely N-dealkylation sites (tertiary alicyclic amines) is 2. The molecule has 0 amide bonds. The Morgan fingerprint density at radius 2 is 1.33 bits per heavy atom. The molecule has 3 heteroatoms. The largest absolute Gasteiger partial charge is 0.375 e. The zero-order valence-electron chi connectivity index (χ0n) is 15.3. The number of nitrogens with zero attached hydrogens (tertiary/aromatic N) is 2. The molecule has 0 aliphatic carbocycles. The van der Waals surface area contributed by atoms with Gasteiger partial charge in [0.05, 0.1) is 12.2 Å². The molecule has 2 saturated heterocycles. The average Bonchev–Trinajstić information content (AvgIpc) is 2.49. The van der Waals surface area contributed by atoms with E-state index in [1.165, 1.54) is 51.9 Å². The smallest absolute Gasteiger partial charge is 0.0603 e. The normalized spacial score (nSPS) is 23.4. The standard InChI is InChI=1S/C16H32N2O.C2H6/c1-13(2)17-9-5-15(6-10-17)18-11-7-16(8-12-18)19-14(3)4;1-2/h13-16H,5-12H2,1-4H3;1-2H3. The summed E-state index contributed by atoms with van der Waals surface area (Å²) in [6.45, 7) is 18.0. The molecule has 0 saturated carbocycles. The molecule has 0 aromatic rings. The van der Waals surface area contributed by atoms with Crippen LogP contribution >= 0.6 is 0 Å². The van der Waals surface area contributed by atoms with E-state index in [9.17, 15) is 0 Å². The molecule has 0 bridgehead atoms. The molecule has 0 aromatic carbocycles. The summed E-state index contributed by atoms with van der Waals surface area (Å²) in [5.74, 6) is 0. The number of ether oxygens (including phenoxy) is 1. The van der Waals surface area contributed by atoms with Crippen molar-refractivity contribution in [1.29, 1.82) is 0 Å². The molecule has 0 radical (unpaired) electrons. The molecule has 2 heterocycles. The first-order valence-corrected chi connectivity index (χ1v) is 9.20. The van der Waals surface area contributed by atoms with Crippen molar-refractivity contribution in [1.82, 2.24) is 9.80 Å². The van der Waals surface area contributed by atoms with Crippen molar-refractivity contribution in [2.45, 2.75) is 91.5 Å². The summed E-state index contributed by atoms with van der Waals surface area (Å²) >= 11 is 0. The van der Waals surface area contributed by atoms with Crippen LogP contribution in [0.2, 0.25) is 0 Å². The molecular formula is C18H38N2O.